The summed E-state index contributed by atoms with van der Waals surface area (Å²) in [4.78, 5) is 31.3. The minimum Gasteiger partial charge on any atom is -0.491 e. The summed E-state index contributed by atoms with van der Waals surface area (Å²) < 4.78 is 6.18. The van der Waals surface area contributed by atoms with Crippen LogP contribution in [0.25, 0.3) is 0 Å². The Bertz CT molecular complexity index is 935. The molecular weight excluding hydrogens is 432 g/mol. The average molecular weight is 471 g/mol. The SMILES string of the molecule is CC[C@@H](C)N(CC(=O)N1CCc2sccc2[C@H]1COc1ccc(C(C)C)cc1)C(=O)C(C)C. The van der Waals surface area contributed by atoms with E-state index >= 15 is 0 Å². The molecule has 2 aromatic rings. The Morgan fingerprint density at radius 1 is 1.12 bits per heavy atom. The largest absolute Gasteiger partial charge is 0.491 e. The number of carbonyl (C=O) groups is 2. The van der Waals surface area contributed by atoms with Crippen LogP contribution >= 0.6 is 11.3 Å². The molecule has 1 aliphatic rings. The molecule has 2 heterocycles. The number of hydrogen-bond acceptors (Lipinski definition) is 4. The molecule has 0 spiro atoms. The molecular formula is C27H38N2O3S. The summed E-state index contributed by atoms with van der Waals surface area (Å²) in [6, 6.07) is 10.2. The molecule has 6 heteroatoms. The standard InChI is InChI=1S/C27H38N2O3S/c1-7-20(6)29(27(31)19(4)5)16-26(30)28-14-12-25-23(13-15-33-25)24(28)17-32-22-10-8-21(9-11-22)18(2)3/h8-11,13,15,18-20,24H,7,12,14,16-17H2,1-6H3/t20-,24-/m1/s1. The number of carbonyl (C=O) groups excluding carboxylic acids is 2. The zero-order valence-corrected chi connectivity index (χ0v) is 21.7. The fourth-order valence-corrected chi connectivity index (χ4v) is 5.17. The van der Waals surface area contributed by atoms with E-state index in [1.807, 2.05) is 37.8 Å². The van der Waals surface area contributed by atoms with Crippen LogP contribution in [-0.2, 0) is 16.0 Å². The molecule has 5 nitrogen and oxygen atoms in total. The number of hydrogen-bond donors (Lipinski definition) is 0. The molecule has 33 heavy (non-hydrogen) atoms. The minimum atomic E-state index is -0.148. The molecule has 0 saturated heterocycles. The third-order valence-corrected chi connectivity index (χ3v) is 7.57. The Kier molecular flexibility index (Phi) is 8.57. The van der Waals surface area contributed by atoms with Crippen molar-refractivity contribution in [1.29, 1.82) is 0 Å². The van der Waals surface area contributed by atoms with Gasteiger partial charge in [-0.1, -0.05) is 46.8 Å². The fourth-order valence-electron chi connectivity index (χ4n) is 4.24. The summed E-state index contributed by atoms with van der Waals surface area (Å²) >= 11 is 1.74. The van der Waals surface area contributed by atoms with Crippen LogP contribution < -0.4 is 4.74 Å². The van der Waals surface area contributed by atoms with Gasteiger partial charge in [0.1, 0.15) is 18.9 Å². The average Bonchev–Trinajstić information content (AvgIpc) is 3.29. The van der Waals surface area contributed by atoms with Crippen LogP contribution in [-0.4, -0.2) is 47.4 Å². The van der Waals surface area contributed by atoms with Crippen LogP contribution in [0.15, 0.2) is 35.7 Å². The van der Waals surface area contributed by atoms with Gasteiger partial charge in [-0.15, -0.1) is 11.3 Å². The van der Waals surface area contributed by atoms with Crippen molar-refractivity contribution in [1.82, 2.24) is 9.80 Å². The molecule has 2 atom stereocenters. The lowest BCUT2D eigenvalue weighted by atomic mass is 10.00. The van der Waals surface area contributed by atoms with E-state index in [4.69, 9.17) is 4.74 Å². The predicted molar refractivity (Wildman–Crippen MR) is 135 cm³/mol. The highest BCUT2D eigenvalue weighted by Crippen LogP contribution is 2.34. The molecule has 1 aromatic heterocycles. The zero-order valence-electron chi connectivity index (χ0n) is 20.8. The second-order valence-electron chi connectivity index (χ2n) is 9.56. The Labute approximate surface area is 202 Å². The van der Waals surface area contributed by atoms with E-state index in [0.29, 0.717) is 19.1 Å². The molecule has 0 saturated carbocycles. The molecule has 0 N–H and O–H groups in total. The van der Waals surface area contributed by atoms with Gasteiger partial charge in [0.05, 0.1) is 6.04 Å². The normalized spacial score (nSPS) is 16.6. The second-order valence-corrected chi connectivity index (χ2v) is 10.6. The van der Waals surface area contributed by atoms with Crippen molar-refractivity contribution in [2.75, 3.05) is 19.7 Å². The quantitative estimate of drug-likeness (QED) is 0.475. The van der Waals surface area contributed by atoms with Gasteiger partial charge in [0.15, 0.2) is 0 Å². The molecule has 0 aliphatic carbocycles. The number of benzene rings is 1. The van der Waals surface area contributed by atoms with E-state index in [-0.39, 0.29) is 36.4 Å². The van der Waals surface area contributed by atoms with Crippen molar-refractivity contribution < 1.29 is 14.3 Å². The van der Waals surface area contributed by atoms with Gasteiger partial charge in [-0.05, 0) is 60.4 Å². The summed E-state index contributed by atoms with van der Waals surface area (Å²) in [5.74, 6) is 1.17. The van der Waals surface area contributed by atoms with E-state index in [0.717, 1.165) is 18.6 Å². The van der Waals surface area contributed by atoms with Crippen molar-refractivity contribution >= 4 is 23.2 Å². The van der Waals surface area contributed by atoms with Gasteiger partial charge in [0.2, 0.25) is 11.8 Å². The van der Waals surface area contributed by atoms with Crippen molar-refractivity contribution in [3.05, 3.63) is 51.7 Å². The lowest BCUT2D eigenvalue weighted by Crippen LogP contribution is -2.50. The molecule has 180 valence electrons. The Morgan fingerprint density at radius 3 is 2.42 bits per heavy atom. The van der Waals surface area contributed by atoms with Gasteiger partial charge in [-0.2, -0.15) is 0 Å². The summed E-state index contributed by atoms with van der Waals surface area (Å²) in [5, 5.41) is 2.09. The lowest BCUT2D eigenvalue weighted by Gasteiger charge is -2.38. The van der Waals surface area contributed by atoms with Crippen LogP contribution in [0, 0.1) is 5.92 Å². The van der Waals surface area contributed by atoms with Crippen molar-refractivity contribution in [3.63, 3.8) is 0 Å². The van der Waals surface area contributed by atoms with Crippen LogP contribution in [0.1, 0.15) is 75.9 Å². The van der Waals surface area contributed by atoms with Crippen LogP contribution in [0.4, 0.5) is 0 Å². The third-order valence-electron chi connectivity index (χ3n) is 6.58. The summed E-state index contributed by atoms with van der Waals surface area (Å²) in [5.41, 5.74) is 2.44. The maximum atomic E-state index is 13.5. The van der Waals surface area contributed by atoms with Crippen LogP contribution in [0.3, 0.4) is 0 Å². The fraction of sp³-hybridized carbons (Fsp3) is 0.556. The van der Waals surface area contributed by atoms with E-state index in [1.165, 1.54) is 16.0 Å². The number of ether oxygens (including phenoxy) is 1. The molecule has 3 rings (SSSR count). The first-order valence-corrected chi connectivity index (χ1v) is 13.0. The van der Waals surface area contributed by atoms with Gasteiger partial charge in [-0.3, -0.25) is 9.59 Å². The first-order chi connectivity index (χ1) is 15.7. The summed E-state index contributed by atoms with van der Waals surface area (Å²) in [6.45, 7) is 13.4. The van der Waals surface area contributed by atoms with Crippen molar-refractivity contribution in [2.24, 2.45) is 5.92 Å². The van der Waals surface area contributed by atoms with Gasteiger partial charge in [0.25, 0.3) is 0 Å². The molecule has 2 amide bonds. The minimum absolute atomic E-state index is 0.00935. The Hall–Kier alpha value is -2.34. The van der Waals surface area contributed by atoms with Crippen molar-refractivity contribution in [3.8, 4) is 5.75 Å². The first kappa shape index (κ1) is 25.3. The number of thiophene rings is 1. The maximum absolute atomic E-state index is 13.5. The Balaban J connectivity index is 1.77. The topological polar surface area (TPSA) is 49.9 Å². The highest BCUT2D eigenvalue weighted by atomic mass is 32.1. The number of fused-ring (bicyclic) bond motifs is 1. The Morgan fingerprint density at radius 2 is 1.82 bits per heavy atom. The third kappa shape index (κ3) is 5.97. The van der Waals surface area contributed by atoms with Crippen LogP contribution in [0.2, 0.25) is 0 Å². The first-order valence-electron chi connectivity index (χ1n) is 12.1. The van der Waals surface area contributed by atoms with Gasteiger partial charge >= 0.3 is 0 Å². The zero-order chi connectivity index (χ0) is 24.1. The molecule has 0 radical (unpaired) electrons. The molecule has 1 aromatic carbocycles. The smallest absolute Gasteiger partial charge is 0.242 e. The molecule has 0 bridgehead atoms. The lowest BCUT2D eigenvalue weighted by molar-refractivity contribution is -0.146. The molecule has 1 aliphatic heterocycles. The van der Waals surface area contributed by atoms with E-state index in [1.54, 1.807) is 16.2 Å². The van der Waals surface area contributed by atoms with E-state index in [2.05, 4.69) is 44.4 Å². The highest BCUT2D eigenvalue weighted by molar-refractivity contribution is 7.10. The maximum Gasteiger partial charge on any atom is 0.242 e. The number of amides is 2. The highest BCUT2D eigenvalue weighted by Gasteiger charge is 2.34. The number of rotatable bonds is 9. The van der Waals surface area contributed by atoms with Gasteiger partial charge in [0, 0.05) is 23.4 Å². The predicted octanol–water partition coefficient (Wildman–Crippen LogP) is 5.66. The number of nitrogens with zero attached hydrogens (tertiary/aromatic N) is 2. The summed E-state index contributed by atoms with van der Waals surface area (Å²) in [6.07, 6.45) is 1.67. The monoisotopic (exact) mass is 470 g/mol. The second kappa shape index (κ2) is 11.2. The van der Waals surface area contributed by atoms with E-state index < -0.39 is 0 Å². The molecule has 0 unspecified atom stereocenters. The summed E-state index contributed by atoms with van der Waals surface area (Å²) in [7, 11) is 0. The van der Waals surface area contributed by atoms with Crippen LogP contribution in [0.5, 0.6) is 5.75 Å². The van der Waals surface area contributed by atoms with Crippen molar-refractivity contribution in [2.45, 2.75) is 72.4 Å². The van der Waals surface area contributed by atoms with E-state index in [9.17, 15) is 9.59 Å². The van der Waals surface area contributed by atoms with Gasteiger partial charge < -0.3 is 14.5 Å². The molecule has 0 fully saturated rings. The van der Waals surface area contributed by atoms with Gasteiger partial charge in [-0.25, -0.2) is 0 Å².